The third-order valence-corrected chi connectivity index (χ3v) is 3.58. The number of anilines is 1. The average molecular weight is 284 g/mol. The van der Waals surface area contributed by atoms with Gasteiger partial charge in [-0.25, -0.2) is 4.98 Å². The highest BCUT2D eigenvalue weighted by Gasteiger charge is 2.16. The van der Waals surface area contributed by atoms with Crippen LogP contribution in [0.1, 0.15) is 51.9 Å². The number of rotatable bonds is 5. The van der Waals surface area contributed by atoms with Gasteiger partial charge in [0.15, 0.2) is 0 Å². The summed E-state index contributed by atoms with van der Waals surface area (Å²) in [4.78, 5) is 8.51. The molecule has 1 aromatic rings. The lowest BCUT2D eigenvalue weighted by Gasteiger charge is -2.17. The van der Waals surface area contributed by atoms with Gasteiger partial charge in [-0.05, 0) is 32.1 Å². The minimum Gasteiger partial charge on any atom is -0.473 e. The summed E-state index contributed by atoms with van der Waals surface area (Å²) >= 11 is 6.11. The minimum atomic E-state index is 0.244. The molecule has 0 unspecified atom stereocenters. The Hall–Kier alpha value is -1.03. The van der Waals surface area contributed by atoms with Crippen LogP contribution in [0.5, 0.6) is 5.88 Å². The zero-order valence-corrected chi connectivity index (χ0v) is 12.2. The van der Waals surface area contributed by atoms with Crippen molar-refractivity contribution in [3.05, 3.63) is 11.2 Å². The fourth-order valence-corrected chi connectivity index (χ4v) is 2.41. The summed E-state index contributed by atoms with van der Waals surface area (Å²) in [7, 11) is 0. The summed E-state index contributed by atoms with van der Waals surface area (Å²) in [5, 5.41) is 3.64. The van der Waals surface area contributed by atoms with Crippen molar-refractivity contribution in [1.82, 2.24) is 9.97 Å². The Morgan fingerprint density at radius 3 is 2.74 bits per heavy atom. The van der Waals surface area contributed by atoms with Crippen LogP contribution < -0.4 is 10.1 Å². The van der Waals surface area contributed by atoms with Crippen molar-refractivity contribution < 1.29 is 4.74 Å². The summed E-state index contributed by atoms with van der Waals surface area (Å²) in [5.41, 5.74) is 0. The highest BCUT2D eigenvalue weighted by molar-refractivity contribution is 6.31. The first-order valence-corrected chi connectivity index (χ1v) is 7.60. The number of hydrogen-bond donors (Lipinski definition) is 1. The lowest BCUT2D eigenvalue weighted by Crippen LogP contribution is -2.17. The van der Waals surface area contributed by atoms with Crippen molar-refractivity contribution in [2.45, 2.75) is 58.0 Å². The van der Waals surface area contributed by atoms with Crippen LogP contribution in [0.15, 0.2) is 6.20 Å². The van der Waals surface area contributed by atoms with Crippen molar-refractivity contribution in [2.75, 3.05) is 11.9 Å². The molecule has 0 amide bonds. The number of halogens is 1. The maximum absolute atomic E-state index is 6.11. The van der Waals surface area contributed by atoms with Crippen LogP contribution in [0.2, 0.25) is 5.02 Å². The molecule has 2 rings (SSSR count). The highest BCUT2D eigenvalue weighted by atomic mass is 35.5. The van der Waals surface area contributed by atoms with E-state index in [1.54, 1.807) is 6.20 Å². The second kappa shape index (κ2) is 7.53. The quantitative estimate of drug-likeness (QED) is 0.828. The van der Waals surface area contributed by atoms with E-state index in [1.807, 2.05) is 0 Å². The first-order chi connectivity index (χ1) is 9.29. The Balaban J connectivity index is 2.00. The van der Waals surface area contributed by atoms with Crippen molar-refractivity contribution in [2.24, 2.45) is 0 Å². The number of hydrogen-bond acceptors (Lipinski definition) is 4. The summed E-state index contributed by atoms with van der Waals surface area (Å²) < 4.78 is 5.96. The summed E-state index contributed by atoms with van der Waals surface area (Å²) in [6.45, 7) is 2.95. The van der Waals surface area contributed by atoms with E-state index in [1.165, 1.54) is 25.7 Å². The first kappa shape index (κ1) is 14.4. The molecule has 0 aromatic carbocycles. The maximum Gasteiger partial charge on any atom is 0.237 e. The molecule has 1 aromatic heterocycles. The Bertz CT molecular complexity index is 392. The molecule has 1 fully saturated rings. The number of aromatic nitrogens is 2. The molecule has 5 heteroatoms. The number of ether oxygens (including phenoxy) is 1. The normalized spacial score (nSPS) is 16.9. The van der Waals surface area contributed by atoms with Crippen molar-refractivity contribution >= 4 is 17.5 Å². The Kier molecular flexibility index (Phi) is 5.70. The smallest absolute Gasteiger partial charge is 0.237 e. The molecule has 0 saturated heterocycles. The molecule has 19 heavy (non-hydrogen) atoms. The van der Waals surface area contributed by atoms with Crippen molar-refractivity contribution in [3.8, 4) is 5.88 Å². The molecule has 0 bridgehead atoms. The SMILES string of the molecule is CCCNc1ncc(Cl)c(OC2CCCCCC2)n1. The molecule has 1 aliphatic rings. The van der Waals surface area contributed by atoms with Gasteiger partial charge in [0.2, 0.25) is 11.8 Å². The first-order valence-electron chi connectivity index (χ1n) is 7.22. The van der Waals surface area contributed by atoms with Crippen LogP contribution in [0.3, 0.4) is 0 Å². The monoisotopic (exact) mass is 283 g/mol. The van der Waals surface area contributed by atoms with Crippen LogP contribution in [0, 0.1) is 0 Å². The predicted molar refractivity (Wildman–Crippen MR) is 77.9 cm³/mol. The van der Waals surface area contributed by atoms with Crippen LogP contribution >= 0.6 is 11.6 Å². The summed E-state index contributed by atoms with van der Waals surface area (Å²) in [5.74, 6) is 1.11. The van der Waals surface area contributed by atoms with Crippen LogP contribution in [-0.4, -0.2) is 22.6 Å². The van der Waals surface area contributed by atoms with Gasteiger partial charge in [-0.2, -0.15) is 4.98 Å². The van der Waals surface area contributed by atoms with Gasteiger partial charge in [-0.1, -0.05) is 31.4 Å². The summed E-state index contributed by atoms with van der Waals surface area (Å²) in [6.07, 6.45) is 10.2. The lowest BCUT2D eigenvalue weighted by atomic mass is 10.1. The van der Waals surface area contributed by atoms with Gasteiger partial charge in [-0.3, -0.25) is 0 Å². The number of nitrogens with zero attached hydrogens (tertiary/aromatic N) is 2. The van der Waals surface area contributed by atoms with E-state index >= 15 is 0 Å². The molecule has 0 spiro atoms. The van der Waals surface area contributed by atoms with Gasteiger partial charge in [-0.15, -0.1) is 0 Å². The lowest BCUT2D eigenvalue weighted by molar-refractivity contribution is 0.176. The molecular weight excluding hydrogens is 262 g/mol. The molecule has 1 aliphatic carbocycles. The van der Waals surface area contributed by atoms with E-state index in [-0.39, 0.29) is 6.10 Å². The van der Waals surface area contributed by atoms with Gasteiger partial charge in [0.25, 0.3) is 0 Å². The Labute approximate surface area is 119 Å². The van der Waals surface area contributed by atoms with E-state index in [0.29, 0.717) is 16.9 Å². The predicted octanol–water partition coefficient (Wildman–Crippen LogP) is 4.05. The van der Waals surface area contributed by atoms with Gasteiger partial charge in [0.05, 0.1) is 6.20 Å². The zero-order valence-electron chi connectivity index (χ0n) is 11.5. The fraction of sp³-hybridized carbons (Fsp3) is 0.714. The van der Waals surface area contributed by atoms with Gasteiger partial charge in [0.1, 0.15) is 11.1 Å². The number of nitrogens with one attached hydrogen (secondary N) is 1. The highest BCUT2D eigenvalue weighted by Crippen LogP contribution is 2.27. The standard InChI is InChI=1S/C14H22ClN3O/c1-2-9-16-14-17-10-12(15)13(18-14)19-11-7-5-3-4-6-8-11/h10-11H,2-9H2,1H3,(H,16,17,18). The molecule has 0 aliphatic heterocycles. The second-order valence-corrected chi connectivity index (χ2v) is 5.41. The molecule has 1 N–H and O–H groups in total. The zero-order chi connectivity index (χ0) is 13.5. The molecule has 106 valence electrons. The maximum atomic E-state index is 6.11. The third-order valence-electron chi connectivity index (χ3n) is 3.33. The van der Waals surface area contributed by atoms with E-state index in [4.69, 9.17) is 16.3 Å². The molecule has 0 atom stereocenters. The van der Waals surface area contributed by atoms with E-state index in [2.05, 4.69) is 22.2 Å². The molecule has 0 radical (unpaired) electrons. The van der Waals surface area contributed by atoms with E-state index < -0.39 is 0 Å². The van der Waals surface area contributed by atoms with E-state index in [9.17, 15) is 0 Å². The van der Waals surface area contributed by atoms with Gasteiger partial charge in [0, 0.05) is 6.54 Å². The Morgan fingerprint density at radius 1 is 1.32 bits per heavy atom. The van der Waals surface area contributed by atoms with Crippen LogP contribution in [0.25, 0.3) is 0 Å². The van der Waals surface area contributed by atoms with Gasteiger partial charge < -0.3 is 10.1 Å². The van der Waals surface area contributed by atoms with Gasteiger partial charge >= 0.3 is 0 Å². The Morgan fingerprint density at radius 2 is 2.05 bits per heavy atom. The molecule has 1 heterocycles. The molecule has 4 nitrogen and oxygen atoms in total. The third kappa shape index (κ3) is 4.53. The minimum absolute atomic E-state index is 0.244. The summed E-state index contributed by atoms with van der Waals surface area (Å²) in [6, 6.07) is 0. The van der Waals surface area contributed by atoms with Crippen LogP contribution in [0.4, 0.5) is 5.95 Å². The largest absolute Gasteiger partial charge is 0.473 e. The van der Waals surface area contributed by atoms with Crippen molar-refractivity contribution in [1.29, 1.82) is 0 Å². The topological polar surface area (TPSA) is 47.0 Å². The second-order valence-electron chi connectivity index (χ2n) is 5.00. The van der Waals surface area contributed by atoms with Crippen molar-refractivity contribution in [3.63, 3.8) is 0 Å². The van der Waals surface area contributed by atoms with E-state index in [0.717, 1.165) is 25.8 Å². The fourth-order valence-electron chi connectivity index (χ4n) is 2.27. The van der Waals surface area contributed by atoms with Crippen LogP contribution in [-0.2, 0) is 0 Å². The molecular formula is C14H22ClN3O. The average Bonchev–Trinajstić information content (AvgIpc) is 2.68. The molecule has 1 saturated carbocycles.